The molecule has 56 valence electrons. The van der Waals surface area contributed by atoms with Crippen LogP contribution in [0.4, 0.5) is 4.79 Å². The van der Waals surface area contributed by atoms with Crippen molar-refractivity contribution in [2.45, 2.75) is 0 Å². The number of hydrogen-bond acceptors (Lipinski definition) is 2. The van der Waals surface area contributed by atoms with Gasteiger partial charge in [0.1, 0.15) is 0 Å². The molecule has 0 saturated carbocycles. The van der Waals surface area contributed by atoms with Crippen molar-refractivity contribution in [3.8, 4) is 0 Å². The Hall–Kier alpha value is -0.580. The lowest BCUT2D eigenvalue weighted by atomic mass is 10.5. The molecular weight excluding hydrogens is 200 g/mol. The number of carbonyl (C=O) groups is 2. The summed E-state index contributed by atoms with van der Waals surface area (Å²) in [6.45, 7) is 0.594. The van der Waals surface area contributed by atoms with E-state index in [2.05, 4.69) is 21.2 Å². The molecule has 0 bridgehead atoms. The number of nitrogens with one attached hydrogen (secondary N) is 1. The van der Waals surface area contributed by atoms with Crippen LogP contribution < -0.4 is 5.32 Å². The Labute approximate surface area is 66.7 Å². The summed E-state index contributed by atoms with van der Waals surface area (Å²) < 4.78 is 0. The van der Waals surface area contributed by atoms with Crippen LogP contribution in [0.15, 0.2) is 0 Å². The quantitative estimate of drug-likeness (QED) is 0.509. The van der Waals surface area contributed by atoms with Crippen molar-refractivity contribution in [3.05, 3.63) is 0 Å². The summed E-state index contributed by atoms with van der Waals surface area (Å²) in [4.78, 5) is 22.7. The van der Waals surface area contributed by atoms with Crippen LogP contribution in [-0.2, 0) is 4.79 Å². The topological polar surface area (TPSA) is 49.4 Å². The lowest BCUT2D eigenvalue weighted by Crippen LogP contribution is -2.32. The number of nitrogens with zero attached hydrogens (tertiary/aromatic N) is 1. The van der Waals surface area contributed by atoms with Gasteiger partial charge in [0.05, 0.1) is 6.54 Å². The van der Waals surface area contributed by atoms with Gasteiger partial charge in [-0.2, -0.15) is 0 Å². The highest BCUT2D eigenvalue weighted by atomic mass is 79.9. The van der Waals surface area contributed by atoms with E-state index in [4.69, 9.17) is 0 Å². The Morgan fingerprint density at radius 2 is 2.30 bits per heavy atom. The summed E-state index contributed by atoms with van der Waals surface area (Å²) in [5, 5.41) is 3.05. The number of urea groups is 1. The Kier molecular flexibility index (Phi) is 2.26. The number of rotatable bonds is 2. The highest BCUT2D eigenvalue weighted by Crippen LogP contribution is 1.98. The van der Waals surface area contributed by atoms with Gasteiger partial charge in [-0.25, -0.2) is 4.79 Å². The van der Waals surface area contributed by atoms with Crippen LogP contribution >= 0.6 is 15.9 Å². The van der Waals surface area contributed by atoms with Gasteiger partial charge in [-0.15, -0.1) is 0 Å². The van der Waals surface area contributed by atoms with Crippen LogP contribution in [0.2, 0.25) is 0 Å². The van der Waals surface area contributed by atoms with E-state index in [0.29, 0.717) is 11.9 Å². The van der Waals surface area contributed by atoms with Crippen LogP contribution in [0.1, 0.15) is 0 Å². The molecule has 1 heterocycles. The van der Waals surface area contributed by atoms with Gasteiger partial charge < -0.3 is 5.32 Å². The molecule has 0 aliphatic carbocycles. The number of alkyl halides is 1. The predicted molar refractivity (Wildman–Crippen MR) is 38.9 cm³/mol. The summed E-state index contributed by atoms with van der Waals surface area (Å²) in [6.07, 6.45) is 0. The smallest absolute Gasteiger partial charge is 0.324 e. The molecule has 3 amide bonds. The third-order valence-corrected chi connectivity index (χ3v) is 1.60. The molecule has 5 heteroatoms. The van der Waals surface area contributed by atoms with E-state index in [9.17, 15) is 9.59 Å². The average Bonchev–Trinajstić information content (AvgIpc) is 2.20. The van der Waals surface area contributed by atoms with Gasteiger partial charge >= 0.3 is 6.03 Å². The van der Waals surface area contributed by atoms with Crippen LogP contribution in [0, 0.1) is 0 Å². The summed E-state index contributed by atoms with van der Waals surface area (Å²) in [6, 6.07) is -0.288. The fourth-order valence-corrected chi connectivity index (χ4v) is 1.12. The maximum atomic E-state index is 10.8. The molecule has 0 aromatic carbocycles. The average molecular weight is 207 g/mol. The molecule has 0 aromatic heterocycles. The Balaban J connectivity index is 2.54. The molecule has 1 aliphatic rings. The van der Waals surface area contributed by atoms with Gasteiger partial charge in [-0.05, 0) is 0 Å². The largest absolute Gasteiger partial charge is 0.329 e. The molecule has 0 aromatic rings. The van der Waals surface area contributed by atoms with Crippen LogP contribution in [-0.4, -0.2) is 35.3 Å². The van der Waals surface area contributed by atoms with Crippen molar-refractivity contribution >= 4 is 27.9 Å². The highest BCUT2D eigenvalue weighted by molar-refractivity contribution is 9.09. The fraction of sp³-hybridized carbons (Fsp3) is 0.600. The van der Waals surface area contributed by atoms with E-state index >= 15 is 0 Å². The molecule has 0 radical (unpaired) electrons. The maximum absolute atomic E-state index is 10.8. The molecular formula is C5H7BrN2O2. The lowest BCUT2D eigenvalue weighted by Gasteiger charge is -2.08. The fourth-order valence-electron chi connectivity index (χ4n) is 0.766. The van der Waals surface area contributed by atoms with Crippen molar-refractivity contribution in [1.82, 2.24) is 10.2 Å². The SMILES string of the molecule is O=C1CNC(=O)N1CCBr. The van der Waals surface area contributed by atoms with E-state index < -0.39 is 0 Å². The Bertz CT molecular complexity index is 155. The van der Waals surface area contributed by atoms with E-state index in [0.717, 1.165) is 0 Å². The number of carbonyl (C=O) groups excluding carboxylic acids is 2. The van der Waals surface area contributed by atoms with Crippen LogP contribution in [0.25, 0.3) is 0 Å². The zero-order chi connectivity index (χ0) is 7.56. The van der Waals surface area contributed by atoms with E-state index in [1.54, 1.807) is 0 Å². The van der Waals surface area contributed by atoms with E-state index in [1.807, 2.05) is 0 Å². The first-order valence-corrected chi connectivity index (χ1v) is 4.02. The number of amides is 3. The summed E-state index contributed by atoms with van der Waals surface area (Å²) in [7, 11) is 0. The summed E-state index contributed by atoms with van der Waals surface area (Å²) in [5.41, 5.74) is 0. The molecule has 0 atom stereocenters. The van der Waals surface area contributed by atoms with Crippen LogP contribution in [0.3, 0.4) is 0 Å². The van der Waals surface area contributed by atoms with Gasteiger partial charge in [0, 0.05) is 11.9 Å². The minimum Gasteiger partial charge on any atom is -0.329 e. The molecule has 0 spiro atoms. The molecule has 1 aliphatic heterocycles. The van der Waals surface area contributed by atoms with Crippen molar-refractivity contribution < 1.29 is 9.59 Å². The lowest BCUT2D eigenvalue weighted by molar-refractivity contribution is -0.124. The van der Waals surface area contributed by atoms with Gasteiger partial charge in [-0.3, -0.25) is 9.69 Å². The number of halogens is 1. The monoisotopic (exact) mass is 206 g/mol. The maximum Gasteiger partial charge on any atom is 0.324 e. The third-order valence-electron chi connectivity index (χ3n) is 1.25. The Morgan fingerprint density at radius 3 is 2.70 bits per heavy atom. The van der Waals surface area contributed by atoms with Gasteiger partial charge in [0.2, 0.25) is 5.91 Å². The highest BCUT2D eigenvalue weighted by Gasteiger charge is 2.26. The summed E-state index contributed by atoms with van der Waals surface area (Å²) in [5.74, 6) is -0.149. The van der Waals surface area contributed by atoms with Crippen molar-refractivity contribution in [2.75, 3.05) is 18.4 Å². The molecule has 4 nitrogen and oxygen atoms in total. The second-order valence-corrected chi connectivity index (χ2v) is 2.69. The second kappa shape index (κ2) is 3.01. The van der Waals surface area contributed by atoms with Crippen molar-refractivity contribution in [2.24, 2.45) is 0 Å². The number of hydrogen-bond donors (Lipinski definition) is 1. The minimum atomic E-state index is -0.288. The van der Waals surface area contributed by atoms with Gasteiger partial charge in [0.25, 0.3) is 0 Å². The standard InChI is InChI=1S/C5H7BrN2O2/c6-1-2-8-4(9)3-7-5(8)10/h1-3H2,(H,7,10). The molecule has 1 fully saturated rings. The Morgan fingerprint density at radius 1 is 1.60 bits per heavy atom. The van der Waals surface area contributed by atoms with E-state index in [-0.39, 0.29) is 18.5 Å². The first-order chi connectivity index (χ1) is 4.75. The van der Waals surface area contributed by atoms with Crippen molar-refractivity contribution in [3.63, 3.8) is 0 Å². The minimum absolute atomic E-state index is 0.145. The van der Waals surface area contributed by atoms with Gasteiger partial charge in [0.15, 0.2) is 0 Å². The van der Waals surface area contributed by atoms with E-state index in [1.165, 1.54) is 4.90 Å². The molecule has 10 heavy (non-hydrogen) atoms. The number of imide groups is 1. The first-order valence-electron chi connectivity index (χ1n) is 2.90. The molecule has 1 rings (SSSR count). The summed E-state index contributed by atoms with van der Waals surface area (Å²) >= 11 is 3.14. The van der Waals surface area contributed by atoms with Gasteiger partial charge in [-0.1, -0.05) is 15.9 Å². The third kappa shape index (κ3) is 1.29. The normalized spacial score (nSPS) is 17.9. The zero-order valence-electron chi connectivity index (χ0n) is 5.26. The molecule has 1 N–H and O–H groups in total. The zero-order valence-corrected chi connectivity index (χ0v) is 6.85. The van der Waals surface area contributed by atoms with Crippen LogP contribution in [0.5, 0.6) is 0 Å². The second-order valence-electron chi connectivity index (χ2n) is 1.89. The van der Waals surface area contributed by atoms with Crippen molar-refractivity contribution in [1.29, 1.82) is 0 Å². The molecule has 0 unspecified atom stereocenters. The predicted octanol–water partition coefficient (Wildman–Crippen LogP) is -0.0669. The molecule has 1 saturated heterocycles. The first kappa shape index (κ1) is 7.53.